The van der Waals surface area contributed by atoms with Crippen LogP contribution >= 0.6 is 0 Å². The van der Waals surface area contributed by atoms with E-state index in [4.69, 9.17) is 15.2 Å². The Labute approximate surface area is 107 Å². The van der Waals surface area contributed by atoms with Crippen LogP contribution in [0.5, 0.6) is 5.88 Å². The number of nitrogens with two attached hydrogens (primary N) is 1. The maximum absolute atomic E-state index is 5.88. The van der Waals surface area contributed by atoms with Gasteiger partial charge in [0.05, 0.1) is 19.8 Å². The van der Waals surface area contributed by atoms with Crippen molar-refractivity contribution in [2.75, 3.05) is 31.7 Å². The van der Waals surface area contributed by atoms with Crippen molar-refractivity contribution in [1.29, 1.82) is 0 Å². The summed E-state index contributed by atoms with van der Waals surface area (Å²) in [5.74, 6) is 1.27. The van der Waals surface area contributed by atoms with E-state index in [1.54, 1.807) is 7.11 Å². The Morgan fingerprint density at radius 1 is 1.56 bits per heavy atom. The van der Waals surface area contributed by atoms with Crippen LogP contribution in [-0.4, -0.2) is 48.9 Å². The van der Waals surface area contributed by atoms with E-state index in [-0.39, 0.29) is 12.1 Å². The summed E-state index contributed by atoms with van der Waals surface area (Å²) in [7, 11) is 1.61. The number of hydrogen-bond donors (Lipinski definition) is 1. The summed E-state index contributed by atoms with van der Waals surface area (Å²) in [6, 6.07) is 1.81. The van der Waals surface area contributed by atoms with Gasteiger partial charge in [0.25, 0.3) is 0 Å². The highest BCUT2D eigenvalue weighted by atomic mass is 16.5. The van der Waals surface area contributed by atoms with Gasteiger partial charge in [-0.2, -0.15) is 4.98 Å². The molecule has 100 valence electrons. The Morgan fingerprint density at radius 2 is 2.33 bits per heavy atom. The quantitative estimate of drug-likeness (QED) is 0.836. The minimum atomic E-state index is -0.000459. The van der Waals surface area contributed by atoms with Crippen LogP contribution in [0.15, 0.2) is 6.07 Å². The van der Waals surface area contributed by atoms with Crippen molar-refractivity contribution < 1.29 is 9.47 Å². The lowest BCUT2D eigenvalue weighted by atomic mass is 10.1. The summed E-state index contributed by atoms with van der Waals surface area (Å²) in [5.41, 5.74) is 6.77. The summed E-state index contributed by atoms with van der Waals surface area (Å²) in [4.78, 5) is 10.9. The minimum Gasteiger partial charge on any atom is -0.481 e. The number of hydrogen-bond acceptors (Lipinski definition) is 6. The van der Waals surface area contributed by atoms with Gasteiger partial charge in [0.2, 0.25) is 11.8 Å². The topological polar surface area (TPSA) is 73.5 Å². The summed E-state index contributed by atoms with van der Waals surface area (Å²) >= 11 is 0. The third-order valence-electron chi connectivity index (χ3n) is 2.99. The zero-order valence-electron chi connectivity index (χ0n) is 11.1. The van der Waals surface area contributed by atoms with Crippen molar-refractivity contribution in [2.45, 2.75) is 26.0 Å². The van der Waals surface area contributed by atoms with Crippen molar-refractivity contribution in [3.63, 3.8) is 0 Å². The van der Waals surface area contributed by atoms with Gasteiger partial charge in [-0.05, 0) is 13.8 Å². The fourth-order valence-electron chi connectivity index (χ4n) is 1.95. The molecule has 6 nitrogen and oxygen atoms in total. The molecule has 0 aliphatic carbocycles. The van der Waals surface area contributed by atoms with Crippen LogP contribution in [0.1, 0.15) is 12.6 Å². The highest BCUT2D eigenvalue weighted by Gasteiger charge is 2.25. The second-order valence-electron chi connectivity index (χ2n) is 4.57. The largest absolute Gasteiger partial charge is 0.481 e. The molecule has 0 aromatic carbocycles. The zero-order chi connectivity index (χ0) is 13.1. The third kappa shape index (κ3) is 2.88. The Kier molecular flexibility index (Phi) is 3.98. The first kappa shape index (κ1) is 13.0. The van der Waals surface area contributed by atoms with Crippen molar-refractivity contribution in [1.82, 2.24) is 9.97 Å². The molecule has 1 aromatic rings. The lowest BCUT2D eigenvalue weighted by Crippen LogP contribution is -2.50. The molecule has 0 radical (unpaired) electrons. The van der Waals surface area contributed by atoms with E-state index in [1.165, 1.54) is 0 Å². The first-order valence-electron chi connectivity index (χ1n) is 6.12. The second kappa shape index (κ2) is 5.49. The van der Waals surface area contributed by atoms with E-state index in [0.29, 0.717) is 25.0 Å². The van der Waals surface area contributed by atoms with Crippen LogP contribution in [0.4, 0.5) is 5.95 Å². The summed E-state index contributed by atoms with van der Waals surface area (Å²) in [6.45, 7) is 6.01. The van der Waals surface area contributed by atoms with E-state index in [9.17, 15) is 0 Å². The Morgan fingerprint density at radius 3 is 3.00 bits per heavy atom. The standard InChI is InChI=1S/C12H20N4O2/c1-8-6-11(17-3)15-12(14-8)16-4-5-18-10(7-16)9(2)13/h6,9-10H,4-5,7,13H2,1-3H3. The molecule has 2 N–H and O–H groups in total. The number of methoxy groups -OCH3 is 1. The second-order valence-corrected chi connectivity index (χ2v) is 4.57. The molecule has 2 atom stereocenters. The van der Waals surface area contributed by atoms with Gasteiger partial charge in [-0.25, -0.2) is 4.98 Å². The lowest BCUT2D eigenvalue weighted by molar-refractivity contribution is 0.0270. The van der Waals surface area contributed by atoms with Gasteiger partial charge < -0.3 is 20.1 Å². The van der Waals surface area contributed by atoms with Crippen LogP contribution in [0.2, 0.25) is 0 Å². The average molecular weight is 252 g/mol. The molecule has 2 unspecified atom stereocenters. The molecule has 1 fully saturated rings. The van der Waals surface area contributed by atoms with E-state index < -0.39 is 0 Å². The molecule has 2 heterocycles. The first-order valence-corrected chi connectivity index (χ1v) is 6.12. The number of aryl methyl sites for hydroxylation is 1. The Bertz CT molecular complexity index is 411. The van der Waals surface area contributed by atoms with Gasteiger partial charge in [0.15, 0.2) is 0 Å². The van der Waals surface area contributed by atoms with E-state index in [2.05, 4.69) is 14.9 Å². The Balaban J connectivity index is 2.17. The number of nitrogens with zero attached hydrogens (tertiary/aromatic N) is 3. The molecule has 1 aliphatic rings. The van der Waals surface area contributed by atoms with Crippen molar-refractivity contribution in [3.05, 3.63) is 11.8 Å². The van der Waals surface area contributed by atoms with Gasteiger partial charge >= 0.3 is 0 Å². The molecular formula is C12H20N4O2. The molecule has 18 heavy (non-hydrogen) atoms. The molecule has 2 rings (SSSR count). The van der Waals surface area contributed by atoms with Gasteiger partial charge in [0, 0.05) is 30.9 Å². The zero-order valence-corrected chi connectivity index (χ0v) is 11.1. The number of rotatable bonds is 3. The number of morpholine rings is 1. The van der Waals surface area contributed by atoms with Crippen molar-refractivity contribution >= 4 is 5.95 Å². The number of aromatic nitrogens is 2. The van der Waals surface area contributed by atoms with Gasteiger partial charge in [-0.15, -0.1) is 0 Å². The van der Waals surface area contributed by atoms with E-state index >= 15 is 0 Å². The maximum Gasteiger partial charge on any atom is 0.229 e. The molecule has 0 bridgehead atoms. The molecule has 0 spiro atoms. The molecule has 1 aromatic heterocycles. The first-order chi connectivity index (χ1) is 8.60. The third-order valence-corrected chi connectivity index (χ3v) is 2.99. The molecule has 1 aliphatic heterocycles. The predicted molar refractivity (Wildman–Crippen MR) is 68.9 cm³/mol. The van der Waals surface area contributed by atoms with Crippen molar-refractivity contribution in [2.24, 2.45) is 5.73 Å². The number of ether oxygens (including phenoxy) is 2. The predicted octanol–water partition coefficient (Wildman–Crippen LogP) is 0.346. The maximum atomic E-state index is 5.88. The van der Waals surface area contributed by atoms with Crippen LogP contribution in [-0.2, 0) is 4.74 Å². The highest BCUT2D eigenvalue weighted by molar-refractivity contribution is 5.35. The van der Waals surface area contributed by atoms with Crippen LogP contribution < -0.4 is 15.4 Å². The van der Waals surface area contributed by atoms with Crippen LogP contribution in [0, 0.1) is 6.92 Å². The summed E-state index contributed by atoms with van der Waals surface area (Å²) < 4.78 is 10.8. The fraction of sp³-hybridized carbons (Fsp3) is 0.667. The molecule has 0 saturated carbocycles. The molecular weight excluding hydrogens is 232 g/mol. The Hall–Kier alpha value is -1.40. The van der Waals surface area contributed by atoms with Crippen LogP contribution in [0.3, 0.4) is 0 Å². The van der Waals surface area contributed by atoms with Crippen molar-refractivity contribution in [3.8, 4) is 5.88 Å². The average Bonchev–Trinajstić information content (AvgIpc) is 2.38. The van der Waals surface area contributed by atoms with E-state index in [0.717, 1.165) is 12.2 Å². The van der Waals surface area contributed by atoms with Gasteiger partial charge in [0.1, 0.15) is 0 Å². The minimum absolute atomic E-state index is 0.000459. The normalized spacial score (nSPS) is 21.8. The number of anilines is 1. The lowest BCUT2D eigenvalue weighted by Gasteiger charge is -2.34. The summed E-state index contributed by atoms with van der Waals surface area (Å²) in [5, 5.41) is 0. The van der Waals surface area contributed by atoms with Gasteiger partial charge in [-0.1, -0.05) is 0 Å². The molecule has 0 amide bonds. The SMILES string of the molecule is COc1cc(C)nc(N2CCOC(C(C)N)C2)n1. The smallest absolute Gasteiger partial charge is 0.229 e. The summed E-state index contributed by atoms with van der Waals surface area (Å²) in [6.07, 6.45) is 0.0221. The highest BCUT2D eigenvalue weighted by Crippen LogP contribution is 2.18. The van der Waals surface area contributed by atoms with E-state index in [1.807, 2.05) is 19.9 Å². The fourth-order valence-corrected chi connectivity index (χ4v) is 1.95. The monoisotopic (exact) mass is 252 g/mol. The molecule has 6 heteroatoms. The van der Waals surface area contributed by atoms with Gasteiger partial charge in [-0.3, -0.25) is 0 Å². The molecule has 1 saturated heterocycles. The van der Waals surface area contributed by atoms with Crippen LogP contribution in [0.25, 0.3) is 0 Å².